The summed E-state index contributed by atoms with van der Waals surface area (Å²) in [6.07, 6.45) is 3.68. The molecule has 0 saturated carbocycles. The maximum Gasteiger partial charge on any atom is 0.0620 e. The summed E-state index contributed by atoms with van der Waals surface area (Å²) in [6, 6.07) is 4.31. The lowest BCUT2D eigenvalue weighted by Gasteiger charge is -2.39. The topological polar surface area (TPSA) is 49.5 Å². The lowest BCUT2D eigenvalue weighted by atomic mass is 9.98. The number of hydrogen-bond acceptors (Lipinski definition) is 3. The van der Waals surface area contributed by atoms with Gasteiger partial charge < -0.3 is 15.7 Å². The van der Waals surface area contributed by atoms with Gasteiger partial charge >= 0.3 is 0 Å². The van der Waals surface area contributed by atoms with Crippen molar-refractivity contribution in [1.82, 2.24) is 0 Å². The van der Waals surface area contributed by atoms with E-state index in [9.17, 15) is 5.11 Å². The first-order valence-electron chi connectivity index (χ1n) is 6.27. The molecule has 0 amide bonds. The molecule has 2 unspecified atom stereocenters. The Balaban J connectivity index is 1.98. The van der Waals surface area contributed by atoms with Crippen LogP contribution in [0.15, 0.2) is 12.1 Å². The van der Waals surface area contributed by atoms with Gasteiger partial charge in [0.2, 0.25) is 0 Å². The summed E-state index contributed by atoms with van der Waals surface area (Å²) in [4.78, 5) is 2.32. The fraction of sp³-hybridized carbons (Fsp3) is 0.538. The predicted octanol–water partition coefficient (Wildman–Crippen LogP) is 3.07. The number of nitrogens with two attached hydrogens (primary N) is 1. The van der Waals surface area contributed by atoms with Gasteiger partial charge in [-0.1, -0.05) is 23.2 Å². The van der Waals surface area contributed by atoms with Gasteiger partial charge in [0.1, 0.15) is 0 Å². The van der Waals surface area contributed by atoms with Crippen LogP contribution in [0, 0.1) is 0 Å². The predicted molar refractivity (Wildman–Crippen MR) is 75.4 cm³/mol. The highest BCUT2D eigenvalue weighted by atomic mass is 35.5. The van der Waals surface area contributed by atoms with Gasteiger partial charge in [-0.25, -0.2) is 0 Å². The van der Waals surface area contributed by atoms with E-state index in [-0.39, 0.29) is 6.10 Å². The number of rotatable bonds is 1. The van der Waals surface area contributed by atoms with Gasteiger partial charge in [0, 0.05) is 12.1 Å². The Labute approximate surface area is 116 Å². The molecule has 0 aliphatic carbocycles. The fourth-order valence-corrected chi connectivity index (χ4v) is 3.65. The van der Waals surface area contributed by atoms with Gasteiger partial charge in [-0.15, -0.1) is 0 Å². The first-order valence-corrected chi connectivity index (χ1v) is 7.02. The average molecular weight is 287 g/mol. The minimum Gasteiger partial charge on any atom is -0.397 e. The molecule has 2 bridgehead atoms. The number of halogens is 2. The second-order valence-electron chi connectivity index (χ2n) is 5.24. The van der Waals surface area contributed by atoms with Crippen molar-refractivity contribution in [2.75, 3.05) is 10.6 Å². The van der Waals surface area contributed by atoms with Crippen LogP contribution >= 0.6 is 23.2 Å². The standard InChI is InChI=1S/C13H16Cl2N2O/c14-10-5-12(16)13(6-11(10)15)17-7-1-2-8(17)4-9(18)3-7/h5-9,18H,1-4,16H2. The van der Waals surface area contributed by atoms with Crippen molar-refractivity contribution in [3.63, 3.8) is 0 Å². The van der Waals surface area contributed by atoms with Gasteiger partial charge in [0.15, 0.2) is 0 Å². The van der Waals surface area contributed by atoms with E-state index in [2.05, 4.69) is 4.90 Å². The average Bonchev–Trinajstić information content (AvgIpc) is 2.56. The number of fused-ring (bicyclic) bond motifs is 2. The van der Waals surface area contributed by atoms with Gasteiger partial charge in [-0.2, -0.15) is 0 Å². The van der Waals surface area contributed by atoms with Crippen molar-refractivity contribution in [2.24, 2.45) is 0 Å². The Kier molecular flexibility index (Phi) is 3.08. The first kappa shape index (κ1) is 12.4. The summed E-state index contributed by atoms with van der Waals surface area (Å²) in [5.74, 6) is 0. The molecule has 3 N–H and O–H groups in total. The highest BCUT2D eigenvalue weighted by Crippen LogP contribution is 2.43. The van der Waals surface area contributed by atoms with Crippen LogP contribution in [0.2, 0.25) is 10.0 Å². The maximum absolute atomic E-state index is 9.82. The Morgan fingerprint density at radius 2 is 1.67 bits per heavy atom. The lowest BCUT2D eigenvalue weighted by molar-refractivity contribution is 0.126. The molecule has 2 saturated heterocycles. The number of piperidine rings is 1. The SMILES string of the molecule is Nc1cc(Cl)c(Cl)cc1N1C2CCC1CC(O)C2. The van der Waals surface area contributed by atoms with Crippen molar-refractivity contribution in [1.29, 1.82) is 0 Å². The molecule has 3 rings (SSSR count). The molecule has 2 fully saturated rings. The van der Waals surface area contributed by atoms with Gasteiger partial charge in [0.25, 0.3) is 0 Å². The molecule has 2 aliphatic rings. The summed E-state index contributed by atoms with van der Waals surface area (Å²) in [6.45, 7) is 0. The van der Waals surface area contributed by atoms with E-state index in [0.717, 1.165) is 31.4 Å². The Morgan fingerprint density at radius 1 is 1.11 bits per heavy atom. The number of hydrogen-bond donors (Lipinski definition) is 2. The van der Waals surface area contributed by atoms with Gasteiger partial charge in [-0.3, -0.25) is 0 Å². The van der Waals surface area contributed by atoms with Crippen LogP contribution in [0.5, 0.6) is 0 Å². The van der Waals surface area contributed by atoms with Crippen molar-refractivity contribution in [3.05, 3.63) is 22.2 Å². The lowest BCUT2D eigenvalue weighted by Crippen LogP contribution is -2.45. The largest absolute Gasteiger partial charge is 0.397 e. The van der Waals surface area contributed by atoms with Crippen LogP contribution in [0.25, 0.3) is 0 Å². The van der Waals surface area contributed by atoms with Crippen molar-refractivity contribution in [2.45, 2.75) is 43.9 Å². The molecule has 98 valence electrons. The van der Waals surface area contributed by atoms with Gasteiger partial charge in [-0.05, 0) is 37.8 Å². The van der Waals surface area contributed by atoms with Gasteiger partial charge in [0.05, 0.1) is 27.5 Å². The summed E-state index contributed by atoms with van der Waals surface area (Å²) >= 11 is 12.1. The minimum atomic E-state index is -0.178. The van der Waals surface area contributed by atoms with E-state index in [0.29, 0.717) is 27.8 Å². The summed E-state index contributed by atoms with van der Waals surface area (Å²) < 4.78 is 0. The summed E-state index contributed by atoms with van der Waals surface area (Å²) in [5, 5.41) is 10.8. The smallest absolute Gasteiger partial charge is 0.0620 e. The number of anilines is 2. The molecule has 0 radical (unpaired) electrons. The molecule has 3 nitrogen and oxygen atoms in total. The molecule has 18 heavy (non-hydrogen) atoms. The zero-order valence-corrected chi connectivity index (χ0v) is 11.5. The van der Waals surface area contributed by atoms with Crippen LogP contribution < -0.4 is 10.6 Å². The molecule has 0 aromatic heterocycles. The molecule has 2 atom stereocenters. The zero-order chi connectivity index (χ0) is 12.9. The number of benzene rings is 1. The maximum atomic E-state index is 9.82. The number of aliphatic hydroxyl groups is 1. The first-order chi connectivity index (χ1) is 8.56. The van der Waals surface area contributed by atoms with Crippen LogP contribution in [0.1, 0.15) is 25.7 Å². The molecule has 5 heteroatoms. The number of nitrogens with zero attached hydrogens (tertiary/aromatic N) is 1. The summed E-state index contributed by atoms with van der Waals surface area (Å²) in [7, 11) is 0. The van der Waals surface area contributed by atoms with E-state index in [4.69, 9.17) is 28.9 Å². The third-order valence-corrected chi connectivity index (χ3v) is 4.78. The number of nitrogen functional groups attached to an aromatic ring is 1. The summed E-state index contributed by atoms with van der Waals surface area (Å²) in [5.41, 5.74) is 7.69. The van der Waals surface area contributed by atoms with E-state index < -0.39 is 0 Å². The van der Waals surface area contributed by atoms with Crippen LogP contribution in [0.3, 0.4) is 0 Å². The second kappa shape index (κ2) is 4.48. The van der Waals surface area contributed by atoms with Crippen molar-refractivity contribution >= 4 is 34.6 Å². The molecule has 1 aromatic carbocycles. The quantitative estimate of drug-likeness (QED) is 0.780. The van der Waals surface area contributed by atoms with Crippen molar-refractivity contribution in [3.8, 4) is 0 Å². The Hall–Kier alpha value is -0.640. The molecule has 2 aliphatic heterocycles. The third-order valence-electron chi connectivity index (χ3n) is 4.06. The van der Waals surface area contributed by atoms with E-state index in [1.807, 2.05) is 6.07 Å². The Morgan fingerprint density at radius 3 is 2.28 bits per heavy atom. The molecule has 0 spiro atoms. The third kappa shape index (κ3) is 1.94. The van der Waals surface area contributed by atoms with Crippen molar-refractivity contribution < 1.29 is 5.11 Å². The second-order valence-corrected chi connectivity index (χ2v) is 6.06. The molecular formula is C13H16Cl2N2O. The van der Waals surface area contributed by atoms with Crippen LogP contribution in [0.4, 0.5) is 11.4 Å². The van der Waals surface area contributed by atoms with E-state index in [1.165, 1.54) is 0 Å². The van der Waals surface area contributed by atoms with Crippen LogP contribution in [-0.4, -0.2) is 23.3 Å². The molecule has 2 heterocycles. The molecular weight excluding hydrogens is 271 g/mol. The zero-order valence-electron chi connectivity index (χ0n) is 9.94. The molecule has 1 aromatic rings. The normalized spacial score (nSPS) is 30.8. The highest BCUT2D eigenvalue weighted by molar-refractivity contribution is 6.42. The Bertz CT molecular complexity index is 466. The minimum absolute atomic E-state index is 0.178. The van der Waals surface area contributed by atoms with Crippen LogP contribution in [-0.2, 0) is 0 Å². The monoisotopic (exact) mass is 286 g/mol. The fourth-order valence-electron chi connectivity index (χ4n) is 3.32. The highest BCUT2D eigenvalue weighted by Gasteiger charge is 2.40. The van der Waals surface area contributed by atoms with E-state index in [1.54, 1.807) is 6.07 Å². The van der Waals surface area contributed by atoms with E-state index >= 15 is 0 Å². The number of aliphatic hydroxyl groups excluding tert-OH is 1.